The number of anilines is 1. The van der Waals surface area contributed by atoms with Crippen LogP contribution in [0.25, 0.3) is 0 Å². The van der Waals surface area contributed by atoms with Gasteiger partial charge < -0.3 is 10.0 Å². The largest absolute Gasteiger partial charge is 0.481 e. The van der Waals surface area contributed by atoms with Gasteiger partial charge in [0.1, 0.15) is 0 Å². The molecule has 0 saturated carbocycles. The first kappa shape index (κ1) is 12.7. The van der Waals surface area contributed by atoms with Gasteiger partial charge in [-0.15, -0.1) is 0 Å². The fourth-order valence-electron chi connectivity index (χ4n) is 2.24. The van der Waals surface area contributed by atoms with Crippen LogP contribution in [-0.4, -0.2) is 24.2 Å². The predicted octanol–water partition coefficient (Wildman–Crippen LogP) is 2.54. The number of halogens is 3. The van der Waals surface area contributed by atoms with E-state index in [0.717, 1.165) is 17.7 Å². The average Bonchev–Trinajstić information content (AvgIpc) is 2.53. The Bertz CT molecular complexity index is 485. The molecule has 0 radical (unpaired) electrons. The SMILES string of the molecule is CN1c2cc(C(F)(F)F)ccc2CC1CC(=O)O. The Labute approximate surface area is 102 Å². The molecule has 1 aromatic rings. The second kappa shape index (κ2) is 4.19. The molecule has 0 amide bonds. The molecule has 6 heteroatoms. The smallest absolute Gasteiger partial charge is 0.416 e. The molecule has 0 bridgehead atoms. The molecule has 0 spiro atoms. The maximum Gasteiger partial charge on any atom is 0.416 e. The van der Waals surface area contributed by atoms with Gasteiger partial charge >= 0.3 is 12.1 Å². The first-order chi connectivity index (χ1) is 8.29. The zero-order valence-corrected chi connectivity index (χ0v) is 9.66. The zero-order valence-electron chi connectivity index (χ0n) is 9.66. The summed E-state index contributed by atoms with van der Waals surface area (Å²) in [5.74, 6) is -0.948. The standard InChI is InChI=1S/C12H12F3NO2/c1-16-9(6-11(17)18)4-7-2-3-8(5-10(7)16)12(13,14)15/h2-3,5,9H,4,6H2,1H3,(H,17,18). The van der Waals surface area contributed by atoms with Crippen LogP contribution in [0.2, 0.25) is 0 Å². The number of fused-ring (bicyclic) bond motifs is 1. The van der Waals surface area contributed by atoms with Gasteiger partial charge in [0.05, 0.1) is 12.0 Å². The Kier molecular flexibility index (Phi) is 2.96. The molecule has 1 aliphatic heterocycles. The number of hydrogen-bond acceptors (Lipinski definition) is 2. The van der Waals surface area contributed by atoms with Crippen LogP contribution in [0.15, 0.2) is 18.2 Å². The number of hydrogen-bond donors (Lipinski definition) is 1. The third-order valence-corrected chi connectivity index (χ3v) is 3.21. The molecular weight excluding hydrogens is 247 g/mol. The molecule has 1 aliphatic rings. The van der Waals surface area contributed by atoms with Crippen molar-refractivity contribution in [2.24, 2.45) is 0 Å². The van der Waals surface area contributed by atoms with Crippen molar-refractivity contribution >= 4 is 11.7 Å². The van der Waals surface area contributed by atoms with Crippen LogP contribution in [0.5, 0.6) is 0 Å². The minimum absolute atomic E-state index is 0.0769. The van der Waals surface area contributed by atoms with Crippen molar-refractivity contribution in [3.63, 3.8) is 0 Å². The van der Waals surface area contributed by atoms with Crippen LogP contribution < -0.4 is 4.90 Å². The molecule has 1 heterocycles. The highest BCUT2D eigenvalue weighted by Crippen LogP contribution is 2.37. The first-order valence-electron chi connectivity index (χ1n) is 5.44. The fourth-order valence-corrected chi connectivity index (χ4v) is 2.24. The number of benzene rings is 1. The zero-order chi connectivity index (χ0) is 13.5. The van der Waals surface area contributed by atoms with Crippen LogP contribution in [0.3, 0.4) is 0 Å². The molecule has 3 nitrogen and oxygen atoms in total. The van der Waals surface area contributed by atoms with Crippen molar-refractivity contribution in [1.29, 1.82) is 0 Å². The van der Waals surface area contributed by atoms with E-state index in [1.165, 1.54) is 6.07 Å². The van der Waals surface area contributed by atoms with Crippen molar-refractivity contribution in [3.8, 4) is 0 Å². The van der Waals surface area contributed by atoms with Crippen LogP contribution in [0, 0.1) is 0 Å². The number of nitrogens with zero attached hydrogens (tertiary/aromatic N) is 1. The van der Waals surface area contributed by atoms with Gasteiger partial charge in [0, 0.05) is 18.8 Å². The molecule has 1 N–H and O–H groups in total. The van der Waals surface area contributed by atoms with Gasteiger partial charge in [-0.2, -0.15) is 13.2 Å². The number of carboxylic acids is 1. The minimum atomic E-state index is -4.37. The number of rotatable bonds is 2. The summed E-state index contributed by atoms with van der Waals surface area (Å²) in [6.07, 6.45) is -3.98. The van der Waals surface area contributed by atoms with E-state index >= 15 is 0 Å². The third kappa shape index (κ3) is 2.27. The summed E-state index contributed by atoms with van der Waals surface area (Å²) in [5.41, 5.74) is 0.525. The lowest BCUT2D eigenvalue weighted by molar-refractivity contribution is -0.138. The molecule has 98 valence electrons. The number of likely N-dealkylation sites (N-methyl/N-ethyl adjacent to an activating group) is 1. The summed E-state index contributed by atoms with van der Waals surface area (Å²) in [6.45, 7) is 0. The number of aliphatic carboxylic acids is 1. The molecule has 18 heavy (non-hydrogen) atoms. The molecule has 0 saturated heterocycles. The summed E-state index contributed by atoms with van der Waals surface area (Å²) in [6, 6.07) is 3.27. The van der Waals surface area contributed by atoms with Crippen molar-refractivity contribution < 1.29 is 23.1 Å². The van der Waals surface area contributed by atoms with E-state index < -0.39 is 17.7 Å². The van der Waals surface area contributed by atoms with Gasteiger partial charge in [0.15, 0.2) is 0 Å². The lowest BCUT2D eigenvalue weighted by atomic mass is 10.1. The van der Waals surface area contributed by atoms with Gasteiger partial charge in [-0.05, 0) is 24.1 Å². The Morgan fingerprint density at radius 3 is 2.72 bits per heavy atom. The highest BCUT2D eigenvalue weighted by molar-refractivity contribution is 5.70. The van der Waals surface area contributed by atoms with E-state index in [0.29, 0.717) is 12.1 Å². The van der Waals surface area contributed by atoms with Crippen LogP contribution in [0.4, 0.5) is 18.9 Å². The summed E-state index contributed by atoms with van der Waals surface area (Å²) < 4.78 is 37.7. The molecule has 0 fully saturated rings. The predicted molar refractivity (Wildman–Crippen MR) is 59.6 cm³/mol. The quantitative estimate of drug-likeness (QED) is 0.887. The molecule has 0 aliphatic carbocycles. The second-order valence-corrected chi connectivity index (χ2v) is 4.41. The normalized spacial score (nSPS) is 18.9. The Balaban J connectivity index is 2.30. The van der Waals surface area contributed by atoms with Gasteiger partial charge in [-0.25, -0.2) is 0 Å². The minimum Gasteiger partial charge on any atom is -0.481 e. The maximum atomic E-state index is 12.6. The molecule has 1 aromatic carbocycles. The molecule has 0 aromatic heterocycles. The van der Waals surface area contributed by atoms with Crippen LogP contribution in [-0.2, 0) is 17.4 Å². The van der Waals surface area contributed by atoms with Gasteiger partial charge in [-0.3, -0.25) is 4.79 Å². The van der Waals surface area contributed by atoms with Gasteiger partial charge in [0.2, 0.25) is 0 Å². The Morgan fingerprint density at radius 1 is 1.50 bits per heavy atom. The van der Waals surface area contributed by atoms with Crippen molar-refractivity contribution in [2.75, 3.05) is 11.9 Å². The number of alkyl halides is 3. The Morgan fingerprint density at radius 2 is 2.17 bits per heavy atom. The summed E-state index contributed by atoms with van der Waals surface area (Å²) in [4.78, 5) is 12.3. The van der Waals surface area contributed by atoms with E-state index in [4.69, 9.17) is 5.11 Å². The topological polar surface area (TPSA) is 40.5 Å². The molecule has 1 atom stereocenters. The molecular formula is C12H12F3NO2. The van der Waals surface area contributed by atoms with Gasteiger partial charge in [0.25, 0.3) is 0 Å². The van der Waals surface area contributed by atoms with Crippen molar-refractivity contribution in [2.45, 2.75) is 25.1 Å². The van der Waals surface area contributed by atoms with Crippen LogP contribution in [0.1, 0.15) is 17.5 Å². The number of carboxylic acid groups (broad SMARTS) is 1. The first-order valence-corrected chi connectivity index (χ1v) is 5.44. The monoisotopic (exact) mass is 259 g/mol. The average molecular weight is 259 g/mol. The van der Waals surface area contributed by atoms with E-state index in [1.54, 1.807) is 11.9 Å². The lowest BCUT2D eigenvalue weighted by Gasteiger charge is -2.21. The van der Waals surface area contributed by atoms with E-state index in [9.17, 15) is 18.0 Å². The third-order valence-electron chi connectivity index (χ3n) is 3.21. The van der Waals surface area contributed by atoms with E-state index in [1.807, 2.05) is 0 Å². The summed E-state index contributed by atoms with van der Waals surface area (Å²) in [7, 11) is 1.62. The van der Waals surface area contributed by atoms with Crippen LogP contribution >= 0.6 is 0 Å². The maximum absolute atomic E-state index is 12.6. The number of carbonyl (C=O) groups is 1. The Hall–Kier alpha value is -1.72. The van der Waals surface area contributed by atoms with Crippen molar-refractivity contribution in [1.82, 2.24) is 0 Å². The summed E-state index contributed by atoms with van der Waals surface area (Å²) in [5, 5.41) is 8.75. The molecule has 1 unspecified atom stereocenters. The fraction of sp³-hybridized carbons (Fsp3) is 0.417. The molecule has 2 rings (SSSR count). The van der Waals surface area contributed by atoms with Crippen molar-refractivity contribution in [3.05, 3.63) is 29.3 Å². The highest BCUT2D eigenvalue weighted by Gasteiger charge is 2.34. The van der Waals surface area contributed by atoms with E-state index in [2.05, 4.69) is 0 Å². The second-order valence-electron chi connectivity index (χ2n) is 4.41. The highest BCUT2D eigenvalue weighted by atomic mass is 19.4. The lowest BCUT2D eigenvalue weighted by Crippen LogP contribution is -2.30. The van der Waals surface area contributed by atoms with E-state index in [-0.39, 0.29) is 12.5 Å². The summed E-state index contributed by atoms with van der Waals surface area (Å²) >= 11 is 0. The van der Waals surface area contributed by atoms with Gasteiger partial charge in [-0.1, -0.05) is 6.07 Å².